The van der Waals surface area contributed by atoms with Crippen molar-refractivity contribution in [3.8, 4) is 0 Å². The molecule has 0 aliphatic carbocycles. The first kappa shape index (κ1) is 24.9. The van der Waals surface area contributed by atoms with Crippen LogP contribution in [-0.2, 0) is 9.53 Å². The van der Waals surface area contributed by atoms with Gasteiger partial charge >= 0.3 is 0 Å². The van der Waals surface area contributed by atoms with Crippen molar-refractivity contribution in [1.82, 2.24) is 15.1 Å². The molecule has 2 heterocycles. The number of halogens is 2. The molecule has 8 heteroatoms. The normalized spacial score (nSPS) is 24.8. The van der Waals surface area contributed by atoms with Crippen molar-refractivity contribution in [3.63, 3.8) is 0 Å². The second-order valence-electron chi connectivity index (χ2n) is 7.12. The summed E-state index contributed by atoms with van der Waals surface area (Å²) in [6, 6.07) is 0.337. The fraction of sp³-hybridized carbons (Fsp3) is 0.941. The number of nitrogens with zero attached hydrogens (tertiary/aromatic N) is 2. The molecular formula is C17H35Cl2N3O3. The van der Waals surface area contributed by atoms with E-state index in [1.54, 1.807) is 7.11 Å². The molecule has 2 N–H and O–H groups in total. The van der Waals surface area contributed by atoms with Crippen LogP contribution in [-0.4, -0.2) is 85.9 Å². The van der Waals surface area contributed by atoms with Gasteiger partial charge in [0.25, 0.3) is 0 Å². The molecule has 25 heavy (non-hydrogen) atoms. The number of aliphatic hydroxyl groups excluding tert-OH is 1. The standard InChI is InChI=1S/C17H33N3O3.2ClH/c1-4-15-12-20(10-9-19(15)11-14(2)21)16(22)17(13-23-3)5-7-18-8-6-17;;/h14-15,18,21H,4-13H2,1-3H3;2*1H. The fourth-order valence-electron chi connectivity index (χ4n) is 3.98. The summed E-state index contributed by atoms with van der Waals surface area (Å²) in [5.41, 5.74) is -0.356. The number of aliphatic hydroxyl groups is 1. The number of carbonyl (C=O) groups excluding carboxylic acids is 1. The van der Waals surface area contributed by atoms with Gasteiger partial charge in [-0.3, -0.25) is 9.69 Å². The van der Waals surface area contributed by atoms with E-state index in [1.165, 1.54) is 0 Å². The summed E-state index contributed by atoms with van der Waals surface area (Å²) in [7, 11) is 1.69. The van der Waals surface area contributed by atoms with Crippen LogP contribution in [0.1, 0.15) is 33.1 Å². The number of nitrogens with one attached hydrogen (secondary N) is 1. The quantitative estimate of drug-likeness (QED) is 0.701. The minimum Gasteiger partial charge on any atom is -0.392 e. The largest absolute Gasteiger partial charge is 0.392 e. The predicted molar refractivity (Wildman–Crippen MR) is 105 cm³/mol. The Labute approximate surface area is 164 Å². The van der Waals surface area contributed by atoms with Crippen LogP contribution in [0.25, 0.3) is 0 Å². The number of carbonyl (C=O) groups is 1. The zero-order valence-corrected chi connectivity index (χ0v) is 17.3. The second-order valence-corrected chi connectivity index (χ2v) is 7.12. The maximum atomic E-state index is 13.2. The van der Waals surface area contributed by atoms with Crippen molar-refractivity contribution in [2.75, 3.05) is 53.0 Å². The monoisotopic (exact) mass is 399 g/mol. The molecule has 0 aromatic rings. The van der Waals surface area contributed by atoms with Crippen molar-refractivity contribution in [3.05, 3.63) is 0 Å². The Morgan fingerprint density at radius 3 is 2.48 bits per heavy atom. The van der Waals surface area contributed by atoms with Crippen LogP contribution < -0.4 is 5.32 Å². The van der Waals surface area contributed by atoms with E-state index < -0.39 is 0 Å². The van der Waals surface area contributed by atoms with Gasteiger partial charge in [-0.2, -0.15) is 0 Å². The van der Waals surface area contributed by atoms with Gasteiger partial charge in [0, 0.05) is 39.3 Å². The first-order valence-corrected chi connectivity index (χ1v) is 8.93. The molecule has 6 nitrogen and oxygen atoms in total. The summed E-state index contributed by atoms with van der Waals surface area (Å²) in [4.78, 5) is 17.6. The second kappa shape index (κ2) is 11.6. The van der Waals surface area contributed by atoms with Gasteiger partial charge in [-0.15, -0.1) is 24.8 Å². The van der Waals surface area contributed by atoms with Crippen LogP contribution in [0.5, 0.6) is 0 Å². The van der Waals surface area contributed by atoms with E-state index in [4.69, 9.17) is 4.74 Å². The topological polar surface area (TPSA) is 65.0 Å². The van der Waals surface area contributed by atoms with Crippen LogP contribution in [0.3, 0.4) is 0 Å². The van der Waals surface area contributed by atoms with E-state index in [-0.39, 0.29) is 42.2 Å². The highest BCUT2D eigenvalue weighted by Crippen LogP contribution is 2.32. The van der Waals surface area contributed by atoms with E-state index in [0.717, 1.165) is 52.0 Å². The fourth-order valence-corrected chi connectivity index (χ4v) is 3.98. The number of methoxy groups -OCH3 is 1. The highest BCUT2D eigenvalue weighted by atomic mass is 35.5. The minimum absolute atomic E-state index is 0. The lowest BCUT2D eigenvalue weighted by Gasteiger charge is -2.46. The molecule has 0 aromatic carbocycles. The molecule has 1 amide bonds. The van der Waals surface area contributed by atoms with Crippen molar-refractivity contribution in [2.24, 2.45) is 5.41 Å². The van der Waals surface area contributed by atoms with E-state index in [1.807, 2.05) is 11.8 Å². The first-order valence-electron chi connectivity index (χ1n) is 8.93. The van der Waals surface area contributed by atoms with Crippen molar-refractivity contribution < 1.29 is 14.6 Å². The molecule has 0 saturated carbocycles. The third-order valence-corrected chi connectivity index (χ3v) is 5.30. The van der Waals surface area contributed by atoms with Crippen LogP contribution in [0, 0.1) is 5.41 Å². The zero-order valence-electron chi connectivity index (χ0n) is 15.7. The van der Waals surface area contributed by atoms with E-state index in [9.17, 15) is 9.90 Å². The van der Waals surface area contributed by atoms with Gasteiger partial charge in [-0.25, -0.2) is 0 Å². The van der Waals surface area contributed by atoms with Crippen molar-refractivity contribution >= 4 is 30.7 Å². The molecule has 0 bridgehead atoms. The third kappa shape index (κ3) is 6.22. The number of hydrogen-bond donors (Lipinski definition) is 2. The number of rotatable bonds is 6. The number of amides is 1. The molecule has 0 radical (unpaired) electrons. The maximum absolute atomic E-state index is 13.2. The maximum Gasteiger partial charge on any atom is 0.231 e. The smallest absolute Gasteiger partial charge is 0.231 e. The summed E-state index contributed by atoms with van der Waals surface area (Å²) in [5.74, 6) is 0.260. The van der Waals surface area contributed by atoms with E-state index in [2.05, 4.69) is 17.1 Å². The van der Waals surface area contributed by atoms with Gasteiger partial charge in [-0.1, -0.05) is 6.92 Å². The number of hydrogen-bond acceptors (Lipinski definition) is 5. The van der Waals surface area contributed by atoms with Gasteiger partial charge in [0.15, 0.2) is 0 Å². The lowest BCUT2D eigenvalue weighted by molar-refractivity contribution is -0.151. The first-order chi connectivity index (χ1) is 11.0. The molecule has 2 aliphatic rings. The van der Waals surface area contributed by atoms with Crippen LogP contribution >= 0.6 is 24.8 Å². The molecule has 2 aliphatic heterocycles. The van der Waals surface area contributed by atoms with Gasteiger partial charge < -0.3 is 20.1 Å². The molecule has 0 spiro atoms. The average molecular weight is 400 g/mol. The summed E-state index contributed by atoms with van der Waals surface area (Å²) in [6.45, 7) is 9.31. The van der Waals surface area contributed by atoms with E-state index >= 15 is 0 Å². The molecule has 2 saturated heterocycles. The number of ether oxygens (including phenoxy) is 1. The summed E-state index contributed by atoms with van der Waals surface area (Å²) >= 11 is 0. The summed E-state index contributed by atoms with van der Waals surface area (Å²) in [5, 5.41) is 13.0. The van der Waals surface area contributed by atoms with Crippen molar-refractivity contribution in [2.45, 2.75) is 45.3 Å². The van der Waals surface area contributed by atoms with Gasteiger partial charge in [0.2, 0.25) is 5.91 Å². The van der Waals surface area contributed by atoms with Crippen LogP contribution in [0.2, 0.25) is 0 Å². The minimum atomic E-state index is -0.356. The SMILES string of the molecule is CCC1CN(C(=O)C2(COC)CCNCC2)CCN1CC(C)O.Cl.Cl. The molecule has 0 aromatic heterocycles. The Bertz CT molecular complexity index is 388. The Kier molecular flexibility index (Phi) is 11.5. The molecular weight excluding hydrogens is 365 g/mol. The van der Waals surface area contributed by atoms with Crippen molar-refractivity contribution in [1.29, 1.82) is 0 Å². The highest BCUT2D eigenvalue weighted by molar-refractivity contribution is 5.85. The summed E-state index contributed by atoms with van der Waals surface area (Å²) in [6.07, 6.45) is 2.37. The lowest BCUT2D eigenvalue weighted by Crippen LogP contribution is -2.60. The zero-order chi connectivity index (χ0) is 16.9. The third-order valence-electron chi connectivity index (χ3n) is 5.30. The summed E-state index contributed by atoms with van der Waals surface area (Å²) < 4.78 is 5.40. The predicted octanol–water partition coefficient (Wildman–Crippen LogP) is 1.15. The molecule has 2 unspecified atom stereocenters. The Balaban J connectivity index is 0.00000288. The lowest BCUT2D eigenvalue weighted by atomic mass is 9.78. The molecule has 2 atom stereocenters. The van der Waals surface area contributed by atoms with Crippen LogP contribution in [0.4, 0.5) is 0 Å². The highest BCUT2D eigenvalue weighted by Gasteiger charge is 2.43. The van der Waals surface area contributed by atoms with E-state index in [0.29, 0.717) is 19.2 Å². The van der Waals surface area contributed by atoms with Crippen LogP contribution in [0.15, 0.2) is 0 Å². The molecule has 2 fully saturated rings. The number of piperazine rings is 1. The Morgan fingerprint density at radius 2 is 1.96 bits per heavy atom. The molecule has 2 rings (SSSR count). The number of piperidine rings is 1. The Morgan fingerprint density at radius 1 is 1.32 bits per heavy atom. The number of β-amino-alcohol motifs (C(OH)–C–C–N with tert-alkyl or cyclic N) is 1. The molecule has 150 valence electrons. The average Bonchev–Trinajstić information content (AvgIpc) is 2.55. The van der Waals surface area contributed by atoms with Gasteiger partial charge in [0.1, 0.15) is 0 Å². The Hall–Kier alpha value is -0.110. The van der Waals surface area contributed by atoms with Gasteiger partial charge in [-0.05, 0) is 39.3 Å². The van der Waals surface area contributed by atoms with Gasteiger partial charge in [0.05, 0.1) is 18.1 Å².